The molecule has 0 bridgehead atoms. The topological polar surface area (TPSA) is 67.2 Å². The van der Waals surface area contributed by atoms with Crippen molar-refractivity contribution in [3.05, 3.63) is 57.8 Å². The highest BCUT2D eigenvalue weighted by atomic mass is 79.9. The van der Waals surface area contributed by atoms with Crippen LogP contribution in [-0.4, -0.2) is 5.91 Å². The third kappa shape index (κ3) is 2.97. The molecule has 0 fully saturated rings. The van der Waals surface area contributed by atoms with Crippen LogP contribution in [0.2, 0.25) is 0 Å². The number of rotatable bonds is 3. The lowest BCUT2D eigenvalue weighted by Crippen LogP contribution is -2.17. The van der Waals surface area contributed by atoms with Crippen LogP contribution in [-0.2, 0) is 0 Å². The normalized spacial score (nSPS) is 10.2. The van der Waals surface area contributed by atoms with Crippen LogP contribution in [0, 0.1) is 12.7 Å². The van der Waals surface area contributed by atoms with E-state index >= 15 is 0 Å². The first-order chi connectivity index (χ1) is 9.52. The molecule has 6 heteroatoms. The number of para-hydroxylation sites is 1. The Kier molecular flexibility index (Phi) is 4.36. The second kappa shape index (κ2) is 6.02. The Morgan fingerprint density at radius 2 is 1.95 bits per heavy atom. The van der Waals surface area contributed by atoms with E-state index in [1.54, 1.807) is 31.2 Å². The zero-order chi connectivity index (χ0) is 14.7. The van der Waals surface area contributed by atoms with Crippen molar-refractivity contribution >= 4 is 33.2 Å². The van der Waals surface area contributed by atoms with Crippen LogP contribution in [0.4, 0.5) is 15.8 Å². The van der Waals surface area contributed by atoms with Crippen LogP contribution >= 0.6 is 15.9 Å². The van der Waals surface area contributed by atoms with E-state index in [2.05, 4.69) is 26.7 Å². The van der Waals surface area contributed by atoms with Gasteiger partial charge < -0.3 is 10.7 Å². The van der Waals surface area contributed by atoms with Gasteiger partial charge in [-0.05, 0) is 52.7 Å². The number of amides is 1. The number of aryl methyl sites for hydroxylation is 1. The van der Waals surface area contributed by atoms with E-state index in [1.165, 1.54) is 12.1 Å². The highest BCUT2D eigenvalue weighted by molar-refractivity contribution is 9.10. The van der Waals surface area contributed by atoms with E-state index in [0.29, 0.717) is 27.0 Å². The second-order valence-corrected chi connectivity index (χ2v) is 5.08. The first kappa shape index (κ1) is 14.5. The van der Waals surface area contributed by atoms with Crippen LogP contribution in [0.15, 0.2) is 40.9 Å². The molecule has 2 aromatic rings. The summed E-state index contributed by atoms with van der Waals surface area (Å²) in [6.45, 7) is 1.72. The largest absolute Gasteiger partial charge is 0.323 e. The Hall–Kier alpha value is -1.92. The number of carbonyl (C=O) groups excluding carboxylic acids is 1. The minimum Gasteiger partial charge on any atom is -0.323 e. The highest BCUT2D eigenvalue weighted by Crippen LogP contribution is 2.25. The molecule has 0 aliphatic carbocycles. The van der Waals surface area contributed by atoms with Gasteiger partial charge in [0.05, 0.1) is 15.7 Å². The molecule has 0 aliphatic rings. The van der Waals surface area contributed by atoms with Crippen molar-refractivity contribution in [2.75, 3.05) is 10.7 Å². The number of benzene rings is 2. The second-order valence-electron chi connectivity index (χ2n) is 4.23. The molecule has 0 unspecified atom stereocenters. The summed E-state index contributed by atoms with van der Waals surface area (Å²) in [6, 6.07) is 9.74. The van der Waals surface area contributed by atoms with E-state index in [9.17, 15) is 9.18 Å². The number of nitrogens with two attached hydrogens (primary N) is 1. The van der Waals surface area contributed by atoms with Gasteiger partial charge in [0.1, 0.15) is 5.82 Å². The van der Waals surface area contributed by atoms with Crippen molar-refractivity contribution in [2.45, 2.75) is 6.92 Å². The Labute approximate surface area is 124 Å². The Balaban J connectivity index is 2.30. The number of hydrazine groups is 1. The predicted molar refractivity (Wildman–Crippen MR) is 81.0 cm³/mol. The van der Waals surface area contributed by atoms with Crippen LogP contribution in [0.25, 0.3) is 0 Å². The molecule has 2 aromatic carbocycles. The van der Waals surface area contributed by atoms with Crippen molar-refractivity contribution < 1.29 is 9.18 Å². The average Bonchev–Trinajstić information content (AvgIpc) is 2.44. The first-order valence-electron chi connectivity index (χ1n) is 5.85. The molecule has 0 atom stereocenters. The SMILES string of the molecule is Cc1cc(F)c(Br)cc1NC(=O)c1ccccc1NN. The van der Waals surface area contributed by atoms with Crippen LogP contribution in [0.1, 0.15) is 15.9 Å². The van der Waals surface area contributed by atoms with E-state index in [0.717, 1.165) is 0 Å². The van der Waals surface area contributed by atoms with Gasteiger partial charge in [0.25, 0.3) is 5.91 Å². The molecule has 0 spiro atoms. The van der Waals surface area contributed by atoms with Gasteiger partial charge in [-0.2, -0.15) is 0 Å². The van der Waals surface area contributed by atoms with Gasteiger partial charge in [-0.3, -0.25) is 10.6 Å². The molecule has 4 N–H and O–H groups in total. The fourth-order valence-corrected chi connectivity index (χ4v) is 2.12. The summed E-state index contributed by atoms with van der Waals surface area (Å²) in [5, 5.41) is 2.74. The van der Waals surface area contributed by atoms with Crippen LogP contribution in [0.5, 0.6) is 0 Å². The molecule has 4 nitrogen and oxygen atoms in total. The van der Waals surface area contributed by atoms with E-state index in [-0.39, 0.29) is 11.7 Å². The summed E-state index contributed by atoms with van der Waals surface area (Å²) in [4.78, 5) is 12.2. The minimum absolute atomic E-state index is 0.295. The van der Waals surface area contributed by atoms with Gasteiger partial charge in [0.15, 0.2) is 0 Å². The molecular formula is C14H13BrFN3O. The Morgan fingerprint density at radius 3 is 2.65 bits per heavy atom. The molecule has 104 valence electrons. The number of carbonyl (C=O) groups is 1. The third-order valence-corrected chi connectivity index (χ3v) is 3.45. The Bertz CT molecular complexity index is 661. The first-order valence-corrected chi connectivity index (χ1v) is 6.65. The molecule has 1 amide bonds. The summed E-state index contributed by atoms with van der Waals surface area (Å²) < 4.78 is 13.6. The van der Waals surface area contributed by atoms with E-state index in [1.807, 2.05) is 0 Å². The standard InChI is InChI=1S/C14H13BrFN3O/c1-8-6-11(16)10(15)7-13(8)18-14(20)9-4-2-3-5-12(9)19-17/h2-7,19H,17H2,1H3,(H,18,20). The van der Waals surface area contributed by atoms with E-state index < -0.39 is 0 Å². The minimum atomic E-state index is -0.371. The van der Waals surface area contributed by atoms with Gasteiger partial charge in [-0.1, -0.05) is 12.1 Å². The fourth-order valence-electron chi connectivity index (χ4n) is 1.78. The molecular weight excluding hydrogens is 325 g/mol. The van der Waals surface area contributed by atoms with E-state index in [4.69, 9.17) is 5.84 Å². The van der Waals surface area contributed by atoms with Crippen molar-refractivity contribution in [1.82, 2.24) is 0 Å². The zero-order valence-electron chi connectivity index (χ0n) is 10.7. The van der Waals surface area contributed by atoms with Gasteiger partial charge in [-0.25, -0.2) is 4.39 Å². The van der Waals surface area contributed by atoms with Crippen molar-refractivity contribution in [3.63, 3.8) is 0 Å². The fraction of sp³-hybridized carbons (Fsp3) is 0.0714. The van der Waals surface area contributed by atoms with Crippen molar-refractivity contribution in [3.8, 4) is 0 Å². The van der Waals surface area contributed by atoms with Crippen molar-refractivity contribution in [1.29, 1.82) is 0 Å². The summed E-state index contributed by atoms with van der Waals surface area (Å²) in [5.41, 5.74) is 4.57. The number of halogens is 2. The number of anilines is 2. The maximum atomic E-state index is 13.4. The zero-order valence-corrected chi connectivity index (χ0v) is 12.3. The third-order valence-electron chi connectivity index (χ3n) is 2.84. The quantitative estimate of drug-likeness (QED) is 0.593. The van der Waals surface area contributed by atoms with Gasteiger partial charge in [-0.15, -0.1) is 0 Å². The number of nitrogens with one attached hydrogen (secondary N) is 2. The predicted octanol–water partition coefficient (Wildman–Crippen LogP) is 3.43. The summed E-state index contributed by atoms with van der Waals surface area (Å²) in [6.07, 6.45) is 0. The monoisotopic (exact) mass is 337 g/mol. The number of hydrogen-bond donors (Lipinski definition) is 3. The molecule has 2 rings (SSSR count). The maximum Gasteiger partial charge on any atom is 0.257 e. The van der Waals surface area contributed by atoms with Crippen LogP contribution < -0.4 is 16.6 Å². The molecule has 0 radical (unpaired) electrons. The lowest BCUT2D eigenvalue weighted by Gasteiger charge is -2.12. The van der Waals surface area contributed by atoms with Crippen molar-refractivity contribution in [2.24, 2.45) is 5.84 Å². The average molecular weight is 338 g/mol. The molecule has 20 heavy (non-hydrogen) atoms. The maximum absolute atomic E-state index is 13.4. The molecule has 0 saturated carbocycles. The molecule has 0 aromatic heterocycles. The summed E-state index contributed by atoms with van der Waals surface area (Å²) in [7, 11) is 0. The smallest absolute Gasteiger partial charge is 0.257 e. The lowest BCUT2D eigenvalue weighted by molar-refractivity contribution is 0.102. The lowest BCUT2D eigenvalue weighted by atomic mass is 10.1. The number of nitrogen functional groups attached to an aromatic ring is 1. The van der Waals surface area contributed by atoms with Gasteiger partial charge in [0.2, 0.25) is 0 Å². The summed E-state index contributed by atoms with van der Waals surface area (Å²) >= 11 is 3.10. The molecule has 0 aliphatic heterocycles. The Morgan fingerprint density at radius 1 is 1.25 bits per heavy atom. The molecule has 0 saturated heterocycles. The van der Waals surface area contributed by atoms with Crippen LogP contribution in [0.3, 0.4) is 0 Å². The van der Waals surface area contributed by atoms with Gasteiger partial charge >= 0.3 is 0 Å². The van der Waals surface area contributed by atoms with Gasteiger partial charge in [0, 0.05) is 5.69 Å². The highest BCUT2D eigenvalue weighted by Gasteiger charge is 2.13. The number of hydrogen-bond acceptors (Lipinski definition) is 3. The molecule has 0 heterocycles. The summed E-state index contributed by atoms with van der Waals surface area (Å²) in [5.74, 6) is 4.68.